The van der Waals surface area contributed by atoms with E-state index in [1.54, 1.807) is 24.3 Å². The van der Waals surface area contributed by atoms with Crippen LogP contribution in [0.15, 0.2) is 47.6 Å². The number of carbonyl (C=O) groups excluding carboxylic acids is 2. The van der Waals surface area contributed by atoms with E-state index in [0.29, 0.717) is 28.1 Å². The number of rotatable bonds is 8. The second-order valence-electron chi connectivity index (χ2n) is 6.89. The molecule has 0 atom stereocenters. The summed E-state index contributed by atoms with van der Waals surface area (Å²) >= 11 is 7.38. The average Bonchev–Trinajstić information content (AvgIpc) is 3.16. The molecule has 31 heavy (non-hydrogen) atoms. The largest absolute Gasteiger partial charge is 0.345 e. The maximum Gasteiger partial charge on any atom is 0.253 e. The quantitative estimate of drug-likeness (QED) is 0.494. The molecule has 0 bridgehead atoms. The third kappa shape index (κ3) is 5.65. The Kier molecular flexibility index (Phi) is 7.70. The Morgan fingerprint density at radius 1 is 1.10 bits per heavy atom. The molecular weight excluding hydrogens is 434 g/mol. The summed E-state index contributed by atoms with van der Waals surface area (Å²) in [6.45, 7) is 6.78. The van der Waals surface area contributed by atoms with Crippen LogP contribution in [-0.4, -0.2) is 32.3 Å². The predicted molar refractivity (Wildman–Crippen MR) is 124 cm³/mol. The van der Waals surface area contributed by atoms with Crippen molar-refractivity contribution in [2.75, 3.05) is 11.1 Å². The lowest BCUT2D eigenvalue weighted by Gasteiger charge is -2.11. The van der Waals surface area contributed by atoms with Gasteiger partial charge in [-0.3, -0.25) is 9.59 Å². The number of hydrogen-bond acceptors (Lipinski definition) is 5. The van der Waals surface area contributed by atoms with Gasteiger partial charge in [0.1, 0.15) is 0 Å². The van der Waals surface area contributed by atoms with E-state index >= 15 is 0 Å². The van der Waals surface area contributed by atoms with Gasteiger partial charge in [0.15, 0.2) is 11.0 Å². The number of aromatic nitrogens is 3. The molecule has 3 aromatic rings. The van der Waals surface area contributed by atoms with Crippen molar-refractivity contribution in [3.8, 4) is 0 Å². The first kappa shape index (κ1) is 22.8. The highest BCUT2D eigenvalue weighted by Crippen LogP contribution is 2.21. The number of nitrogens with one attached hydrogen (secondary N) is 2. The number of anilines is 1. The maximum absolute atomic E-state index is 12.4. The topological polar surface area (TPSA) is 88.9 Å². The van der Waals surface area contributed by atoms with Gasteiger partial charge in [-0.25, -0.2) is 0 Å². The minimum Gasteiger partial charge on any atom is -0.345 e. The van der Waals surface area contributed by atoms with Crippen LogP contribution in [0.5, 0.6) is 0 Å². The zero-order valence-electron chi connectivity index (χ0n) is 17.6. The third-order valence-electron chi connectivity index (χ3n) is 4.85. The first-order chi connectivity index (χ1) is 14.9. The van der Waals surface area contributed by atoms with Crippen LogP contribution in [0.1, 0.15) is 34.2 Å². The monoisotopic (exact) mass is 457 g/mol. The lowest BCUT2D eigenvalue weighted by molar-refractivity contribution is -0.113. The van der Waals surface area contributed by atoms with Crippen LogP contribution < -0.4 is 10.6 Å². The van der Waals surface area contributed by atoms with Crippen molar-refractivity contribution < 1.29 is 9.59 Å². The molecule has 0 saturated carbocycles. The molecule has 162 valence electrons. The van der Waals surface area contributed by atoms with Crippen molar-refractivity contribution in [2.24, 2.45) is 0 Å². The zero-order chi connectivity index (χ0) is 22.4. The number of halogens is 1. The third-order valence-corrected chi connectivity index (χ3v) is 6.14. The Morgan fingerprint density at radius 2 is 1.87 bits per heavy atom. The molecule has 0 unspecified atom stereocenters. The Bertz CT molecular complexity index is 1100. The number of carbonyl (C=O) groups is 2. The number of hydrogen-bond donors (Lipinski definition) is 2. The van der Waals surface area contributed by atoms with Crippen LogP contribution in [-0.2, 0) is 17.9 Å². The van der Waals surface area contributed by atoms with Crippen LogP contribution >= 0.6 is 23.4 Å². The standard InChI is InChI=1S/C22H24ClN5O2S/c1-4-28-19(12-24-21(30)16-9-5-6-10-17(16)23)26-27-22(28)31-13-20(29)25-18-11-7-8-14(2)15(18)3/h5-11H,4,12-13H2,1-3H3,(H,24,30)(H,25,29). The van der Waals surface area contributed by atoms with Gasteiger partial charge in [-0.2, -0.15) is 0 Å². The molecule has 0 aliphatic rings. The number of nitrogens with zero attached hydrogens (tertiary/aromatic N) is 3. The Hall–Kier alpha value is -2.84. The van der Waals surface area contributed by atoms with Gasteiger partial charge in [0.2, 0.25) is 5.91 Å². The van der Waals surface area contributed by atoms with Crippen LogP contribution in [0.25, 0.3) is 0 Å². The van der Waals surface area contributed by atoms with Gasteiger partial charge >= 0.3 is 0 Å². The van der Waals surface area contributed by atoms with E-state index in [9.17, 15) is 9.59 Å². The van der Waals surface area contributed by atoms with E-state index in [-0.39, 0.29) is 24.1 Å². The summed E-state index contributed by atoms with van der Waals surface area (Å²) in [5.41, 5.74) is 3.39. The Balaban J connectivity index is 1.59. The first-order valence-electron chi connectivity index (χ1n) is 9.84. The van der Waals surface area contributed by atoms with E-state index in [1.165, 1.54) is 11.8 Å². The second-order valence-corrected chi connectivity index (χ2v) is 8.24. The highest BCUT2D eigenvalue weighted by Gasteiger charge is 2.16. The van der Waals surface area contributed by atoms with Crippen molar-refractivity contribution in [1.29, 1.82) is 0 Å². The lowest BCUT2D eigenvalue weighted by atomic mass is 10.1. The molecule has 0 saturated heterocycles. The van der Waals surface area contributed by atoms with Crippen LogP contribution in [0.2, 0.25) is 5.02 Å². The SMILES string of the molecule is CCn1c(CNC(=O)c2ccccc2Cl)nnc1SCC(=O)Nc1cccc(C)c1C. The van der Waals surface area contributed by atoms with Crippen LogP contribution in [0.4, 0.5) is 5.69 Å². The summed E-state index contributed by atoms with van der Waals surface area (Å²) in [5.74, 6) is 0.425. The second kappa shape index (κ2) is 10.5. The molecule has 0 fully saturated rings. The molecule has 1 heterocycles. The molecule has 0 spiro atoms. The Labute approximate surface area is 190 Å². The summed E-state index contributed by atoms with van der Waals surface area (Å²) in [7, 11) is 0. The molecule has 3 rings (SSSR count). The molecule has 1 aromatic heterocycles. The molecule has 9 heteroatoms. The fourth-order valence-corrected chi connectivity index (χ4v) is 4.02. The number of benzene rings is 2. The fraction of sp³-hybridized carbons (Fsp3) is 0.273. The van der Waals surface area contributed by atoms with Crippen molar-refractivity contribution in [2.45, 2.75) is 39.0 Å². The molecule has 0 aliphatic heterocycles. The number of thioether (sulfide) groups is 1. The summed E-state index contributed by atoms with van der Waals surface area (Å²) in [6.07, 6.45) is 0. The highest BCUT2D eigenvalue weighted by atomic mass is 35.5. The van der Waals surface area contributed by atoms with E-state index in [4.69, 9.17) is 11.6 Å². The van der Waals surface area contributed by atoms with Crippen molar-refractivity contribution in [3.63, 3.8) is 0 Å². The number of aryl methyl sites for hydroxylation is 1. The molecule has 7 nitrogen and oxygen atoms in total. The summed E-state index contributed by atoms with van der Waals surface area (Å²) < 4.78 is 1.88. The maximum atomic E-state index is 12.4. The van der Waals surface area contributed by atoms with Crippen LogP contribution in [0.3, 0.4) is 0 Å². The molecular formula is C22H24ClN5O2S. The summed E-state index contributed by atoms with van der Waals surface area (Å²) in [5, 5.41) is 15.1. The molecule has 2 N–H and O–H groups in total. The fourth-order valence-electron chi connectivity index (χ4n) is 2.98. The lowest BCUT2D eigenvalue weighted by Crippen LogP contribution is -2.25. The minimum absolute atomic E-state index is 0.113. The highest BCUT2D eigenvalue weighted by molar-refractivity contribution is 7.99. The summed E-state index contributed by atoms with van der Waals surface area (Å²) in [6, 6.07) is 12.7. The van der Waals surface area contributed by atoms with Crippen molar-refractivity contribution >= 4 is 40.9 Å². The van der Waals surface area contributed by atoms with E-state index in [0.717, 1.165) is 16.8 Å². The van der Waals surface area contributed by atoms with E-state index < -0.39 is 0 Å². The van der Waals surface area contributed by atoms with Gasteiger partial charge in [0.25, 0.3) is 5.91 Å². The molecule has 0 radical (unpaired) electrons. The van der Waals surface area contributed by atoms with Gasteiger partial charge in [-0.15, -0.1) is 10.2 Å². The van der Waals surface area contributed by atoms with Crippen LogP contribution in [0, 0.1) is 13.8 Å². The molecule has 2 amide bonds. The smallest absolute Gasteiger partial charge is 0.253 e. The van der Waals surface area contributed by atoms with E-state index in [1.807, 2.05) is 43.5 Å². The van der Waals surface area contributed by atoms with Crippen molar-refractivity contribution in [3.05, 3.63) is 70.0 Å². The van der Waals surface area contributed by atoms with Gasteiger partial charge in [-0.1, -0.05) is 47.6 Å². The van der Waals surface area contributed by atoms with Gasteiger partial charge in [-0.05, 0) is 50.1 Å². The van der Waals surface area contributed by atoms with Gasteiger partial charge < -0.3 is 15.2 Å². The Morgan fingerprint density at radius 3 is 2.61 bits per heavy atom. The predicted octanol–water partition coefficient (Wildman–Crippen LogP) is 4.23. The molecule has 2 aromatic carbocycles. The first-order valence-corrected chi connectivity index (χ1v) is 11.2. The average molecular weight is 458 g/mol. The van der Waals surface area contributed by atoms with Gasteiger partial charge in [0, 0.05) is 12.2 Å². The zero-order valence-corrected chi connectivity index (χ0v) is 19.2. The van der Waals surface area contributed by atoms with Gasteiger partial charge in [0.05, 0.1) is 22.9 Å². The number of amides is 2. The molecule has 0 aliphatic carbocycles. The van der Waals surface area contributed by atoms with E-state index in [2.05, 4.69) is 20.8 Å². The minimum atomic E-state index is -0.279. The normalized spacial score (nSPS) is 10.7. The summed E-state index contributed by atoms with van der Waals surface area (Å²) in [4.78, 5) is 24.8. The van der Waals surface area contributed by atoms with Crippen molar-refractivity contribution in [1.82, 2.24) is 20.1 Å².